The monoisotopic (exact) mass is 212 g/mol. The zero-order valence-electron chi connectivity index (χ0n) is 7.82. The molecule has 0 aliphatic carbocycles. The van der Waals surface area contributed by atoms with E-state index in [4.69, 9.17) is 5.11 Å². The molecule has 2 atom stereocenters. The predicted molar refractivity (Wildman–Crippen MR) is 57.4 cm³/mol. The molecule has 0 aromatic heterocycles. The van der Waals surface area contributed by atoms with Gasteiger partial charge >= 0.3 is 0 Å². The maximum Gasteiger partial charge on any atom is 0.129 e. The van der Waals surface area contributed by atoms with Crippen molar-refractivity contribution >= 4 is 11.8 Å². The highest BCUT2D eigenvalue weighted by atomic mass is 32.2. The van der Waals surface area contributed by atoms with Crippen molar-refractivity contribution in [3.63, 3.8) is 0 Å². The molecule has 1 nitrogen and oxygen atoms in total. The third-order valence-corrected chi connectivity index (χ3v) is 3.78. The van der Waals surface area contributed by atoms with E-state index in [0.717, 1.165) is 17.9 Å². The average Bonchev–Trinajstić information content (AvgIpc) is 2.71. The lowest BCUT2D eigenvalue weighted by Gasteiger charge is -2.14. The number of benzene rings is 1. The van der Waals surface area contributed by atoms with E-state index in [2.05, 4.69) is 0 Å². The summed E-state index contributed by atoms with van der Waals surface area (Å²) in [5.41, 5.74) is 0.690. The first-order valence-corrected chi connectivity index (χ1v) is 5.93. The fourth-order valence-electron chi connectivity index (χ4n) is 1.71. The second-order valence-corrected chi connectivity index (χ2v) is 4.77. The number of hydrogen-bond acceptors (Lipinski definition) is 2. The lowest BCUT2D eigenvalue weighted by Crippen LogP contribution is -2.07. The molecule has 1 aliphatic rings. The zero-order chi connectivity index (χ0) is 9.97. The van der Waals surface area contributed by atoms with Crippen LogP contribution in [0.15, 0.2) is 24.3 Å². The topological polar surface area (TPSA) is 20.2 Å². The van der Waals surface area contributed by atoms with Crippen molar-refractivity contribution in [2.45, 2.75) is 12.6 Å². The average molecular weight is 212 g/mol. The molecule has 1 fully saturated rings. The van der Waals surface area contributed by atoms with E-state index in [9.17, 15) is 4.39 Å². The van der Waals surface area contributed by atoms with E-state index in [1.165, 1.54) is 0 Å². The van der Waals surface area contributed by atoms with Crippen LogP contribution in [0.2, 0.25) is 0 Å². The van der Waals surface area contributed by atoms with Crippen LogP contribution < -0.4 is 0 Å². The highest BCUT2D eigenvalue weighted by Crippen LogP contribution is 2.36. The van der Waals surface area contributed by atoms with Crippen LogP contribution in [0, 0.1) is 5.92 Å². The molecule has 1 aromatic rings. The zero-order valence-corrected chi connectivity index (χ0v) is 8.64. The molecule has 3 heteroatoms. The van der Waals surface area contributed by atoms with Gasteiger partial charge < -0.3 is 5.11 Å². The summed E-state index contributed by atoms with van der Waals surface area (Å²) >= 11 is 1.82. The summed E-state index contributed by atoms with van der Waals surface area (Å²) in [6, 6.07) is 6.43. The van der Waals surface area contributed by atoms with Gasteiger partial charge in [0.1, 0.15) is 11.9 Å². The van der Waals surface area contributed by atoms with Gasteiger partial charge in [-0.05, 0) is 35.6 Å². The van der Waals surface area contributed by atoms with Crippen molar-refractivity contribution in [3.05, 3.63) is 29.8 Å². The first kappa shape index (κ1) is 9.84. The molecule has 1 saturated heterocycles. The summed E-state index contributed by atoms with van der Waals surface area (Å²) in [5.74, 6) is 2.34. The Morgan fingerprint density at radius 3 is 2.64 bits per heavy atom. The maximum absolute atomic E-state index is 13.9. The fraction of sp³-hybridized carbons (Fsp3) is 0.455. The Morgan fingerprint density at radius 1 is 1.36 bits per heavy atom. The Morgan fingerprint density at radius 2 is 2.07 bits per heavy atom. The number of rotatable bonds is 2. The van der Waals surface area contributed by atoms with Gasteiger partial charge in [-0.15, -0.1) is 0 Å². The number of phenolic OH excluding ortho intramolecular Hbond substituents is 1. The number of hydrogen-bond donors (Lipinski definition) is 1. The van der Waals surface area contributed by atoms with E-state index in [1.54, 1.807) is 24.3 Å². The Balaban J connectivity index is 2.09. The molecule has 2 rings (SSSR count). The van der Waals surface area contributed by atoms with Gasteiger partial charge in [0, 0.05) is 5.92 Å². The molecular weight excluding hydrogens is 199 g/mol. The molecule has 0 bridgehead atoms. The SMILES string of the molecule is Oc1ccc(C(F)C2CCSC2)cc1. The van der Waals surface area contributed by atoms with Crippen LogP contribution in [0.5, 0.6) is 5.75 Å². The predicted octanol–water partition coefficient (Wildman–Crippen LogP) is 3.16. The number of alkyl halides is 1. The van der Waals surface area contributed by atoms with E-state index in [1.807, 2.05) is 11.8 Å². The number of phenols is 1. The van der Waals surface area contributed by atoms with Gasteiger partial charge in [0.05, 0.1) is 0 Å². The van der Waals surface area contributed by atoms with Gasteiger partial charge in [-0.1, -0.05) is 12.1 Å². The van der Waals surface area contributed by atoms with Gasteiger partial charge in [0.2, 0.25) is 0 Å². The highest BCUT2D eigenvalue weighted by Gasteiger charge is 2.26. The third-order valence-electron chi connectivity index (χ3n) is 2.59. The molecule has 0 radical (unpaired) electrons. The molecule has 76 valence electrons. The minimum atomic E-state index is -0.870. The summed E-state index contributed by atoms with van der Waals surface area (Å²) in [6.45, 7) is 0. The summed E-state index contributed by atoms with van der Waals surface area (Å²) < 4.78 is 13.9. The smallest absolute Gasteiger partial charge is 0.129 e. The molecule has 1 heterocycles. The van der Waals surface area contributed by atoms with Crippen LogP contribution in [0.1, 0.15) is 18.2 Å². The lowest BCUT2D eigenvalue weighted by molar-refractivity contribution is 0.251. The number of thioether (sulfide) groups is 1. The second kappa shape index (κ2) is 4.22. The molecule has 0 spiro atoms. The molecule has 0 saturated carbocycles. The van der Waals surface area contributed by atoms with Gasteiger partial charge in [0.25, 0.3) is 0 Å². The lowest BCUT2D eigenvalue weighted by atomic mass is 9.97. The Labute approximate surface area is 87.3 Å². The molecule has 1 N–H and O–H groups in total. The summed E-state index contributed by atoms with van der Waals surface area (Å²) in [7, 11) is 0. The van der Waals surface area contributed by atoms with Crippen molar-refractivity contribution in [1.29, 1.82) is 0 Å². The maximum atomic E-state index is 13.9. The molecule has 2 unspecified atom stereocenters. The molecule has 1 aromatic carbocycles. The number of halogens is 1. The van der Waals surface area contributed by atoms with Gasteiger partial charge in [-0.2, -0.15) is 11.8 Å². The van der Waals surface area contributed by atoms with Crippen LogP contribution in [-0.2, 0) is 0 Å². The summed E-state index contributed by atoms with van der Waals surface area (Å²) in [5, 5.41) is 9.08. The van der Waals surface area contributed by atoms with Crippen LogP contribution in [0.3, 0.4) is 0 Å². The number of aromatic hydroxyl groups is 1. The fourth-order valence-corrected chi connectivity index (χ4v) is 2.99. The summed E-state index contributed by atoms with van der Waals surface area (Å²) in [6.07, 6.45) is 0.0952. The van der Waals surface area contributed by atoms with E-state index in [0.29, 0.717) is 5.56 Å². The second-order valence-electron chi connectivity index (χ2n) is 3.62. The van der Waals surface area contributed by atoms with Crippen molar-refractivity contribution in [2.75, 3.05) is 11.5 Å². The molecule has 0 amide bonds. The van der Waals surface area contributed by atoms with Crippen LogP contribution in [0.25, 0.3) is 0 Å². The minimum Gasteiger partial charge on any atom is -0.508 e. The largest absolute Gasteiger partial charge is 0.508 e. The summed E-state index contributed by atoms with van der Waals surface area (Å²) in [4.78, 5) is 0. The van der Waals surface area contributed by atoms with E-state index >= 15 is 0 Å². The van der Waals surface area contributed by atoms with Crippen molar-refractivity contribution in [2.24, 2.45) is 5.92 Å². The minimum absolute atomic E-state index is 0.157. The molecule has 1 aliphatic heterocycles. The molecular formula is C11H13FOS. The van der Waals surface area contributed by atoms with Crippen LogP contribution >= 0.6 is 11.8 Å². The van der Waals surface area contributed by atoms with Crippen molar-refractivity contribution < 1.29 is 9.50 Å². The highest BCUT2D eigenvalue weighted by molar-refractivity contribution is 7.99. The standard InChI is InChI=1S/C11H13FOS/c12-11(9-5-6-14-7-9)8-1-3-10(13)4-2-8/h1-4,9,11,13H,5-7H2. The Bertz CT molecular complexity index is 293. The first-order valence-electron chi connectivity index (χ1n) is 4.78. The third kappa shape index (κ3) is 2.03. The molecule has 14 heavy (non-hydrogen) atoms. The quantitative estimate of drug-likeness (QED) is 0.812. The first-order chi connectivity index (χ1) is 6.77. The van der Waals surface area contributed by atoms with Crippen molar-refractivity contribution in [3.8, 4) is 5.75 Å². The van der Waals surface area contributed by atoms with Gasteiger partial charge in [-0.3, -0.25) is 0 Å². The van der Waals surface area contributed by atoms with E-state index in [-0.39, 0.29) is 11.7 Å². The van der Waals surface area contributed by atoms with Crippen molar-refractivity contribution in [1.82, 2.24) is 0 Å². The van der Waals surface area contributed by atoms with Gasteiger partial charge in [-0.25, -0.2) is 4.39 Å². The van der Waals surface area contributed by atoms with Crippen LogP contribution in [-0.4, -0.2) is 16.6 Å². The Kier molecular flexibility index (Phi) is 2.96. The van der Waals surface area contributed by atoms with E-state index < -0.39 is 6.17 Å². The van der Waals surface area contributed by atoms with Crippen LogP contribution in [0.4, 0.5) is 4.39 Å². The van der Waals surface area contributed by atoms with Gasteiger partial charge in [0.15, 0.2) is 0 Å². The Hall–Kier alpha value is -0.700. The normalized spacial score (nSPS) is 23.6.